The Kier molecular flexibility index (Phi) is 20.9. The average molecular weight is 549 g/mol. The number of allylic oxidation sites excluding steroid dienone is 2. The highest BCUT2D eigenvalue weighted by molar-refractivity contribution is 7.47. The van der Waals surface area contributed by atoms with Crippen LogP contribution in [0.25, 0.3) is 0 Å². The van der Waals surface area contributed by atoms with Crippen LogP contribution in [0.5, 0.6) is 0 Å². The van der Waals surface area contributed by atoms with Crippen molar-refractivity contribution >= 4 is 19.8 Å². The molecule has 2 atom stereocenters. The normalized spacial score (nSPS) is 14.4. The van der Waals surface area contributed by atoms with Gasteiger partial charge in [-0.15, -0.1) is 6.08 Å². The van der Waals surface area contributed by atoms with Gasteiger partial charge in [-0.1, -0.05) is 38.2 Å². The maximum Gasteiger partial charge on any atom is 0.472 e. The number of carbonyl (C=O) groups is 2. The molecule has 0 heterocycles. The molecular formula is C27H51NO8P-. The van der Waals surface area contributed by atoms with Crippen molar-refractivity contribution in [2.45, 2.75) is 89.6 Å². The molecule has 1 unspecified atom stereocenters. The largest absolute Gasteiger partial charge is 0.472 e. The molecule has 0 rings (SSSR count). The molecule has 0 aromatic carbocycles. The highest BCUT2D eigenvalue weighted by Crippen LogP contribution is 2.43. The summed E-state index contributed by atoms with van der Waals surface area (Å²) < 4.78 is 33.5. The first kappa shape index (κ1) is 35.8. The molecule has 0 aliphatic heterocycles. The summed E-state index contributed by atoms with van der Waals surface area (Å²) >= 11 is 0. The second-order valence-corrected chi connectivity index (χ2v) is 11.6. The van der Waals surface area contributed by atoms with Gasteiger partial charge in [0.25, 0.3) is 0 Å². The van der Waals surface area contributed by atoms with E-state index in [-0.39, 0.29) is 26.1 Å². The fourth-order valence-electron chi connectivity index (χ4n) is 3.18. The molecule has 0 aliphatic rings. The first-order valence-corrected chi connectivity index (χ1v) is 15.0. The lowest BCUT2D eigenvalue weighted by atomic mass is 10.1. The number of rotatable bonds is 24. The second kappa shape index (κ2) is 21.7. The van der Waals surface area contributed by atoms with Crippen molar-refractivity contribution in [2.75, 3.05) is 47.5 Å². The molecule has 0 radical (unpaired) electrons. The van der Waals surface area contributed by atoms with Gasteiger partial charge >= 0.3 is 19.8 Å². The number of quaternary nitrogens is 1. The second-order valence-electron chi connectivity index (χ2n) is 10.1. The van der Waals surface area contributed by atoms with Crippen LogP contribution in [0.4, 0.5) is 0 Å². The molecule has 218 valence electrons. The number of phosphoric ester groups is 1. The summed E-state index contributed by atoms with van der Waals surface area (Å²) in [7, 11) is 1.44. The van der Waals surface area contributed by atoms with Gasteiger partial charge in [0.1, 0.15) is 19.8 Å². The van der Waals surface area contributed by atoms with E-state index in [4.69, 9.17) is 18.5 Å². The standard InChI is InChI=1S/C27H51NO8P/c1-6-8-10-12-13-14-15-16-18-20-27(30)36-25(23-33-26(29)19-17-11-9-7-2)24-35-37(31,32)34-22-21-28(3,4)5/h8,10,25H,1-2,6-7,9,11-24H2,3-5H3,(H,31,32)/q-1/b10-8+/t25-/m0/s1. The summed E-state index contributed by atoms with van der Waals surface area (Å²) in [6, 6.07) is 0. The van der Waals surface area contributed by atoms with E-state index in [1.165, 1.54) is 0 Å². The van der Waals surface area contributed by atoms with Gasteiger partial charge in [-0.05, 0) is 25.7 Å². The fraction of sp³-hybridized carbons (Fsp3) is 0.778. The number of hydrogen-bond acceptors (Lipinski definition) is 7. The number of phosphoric acid groups is 1. The quantitative estimate of drug-likeness (QED) is 0.0416. The summed E-state index contributed by atoms with van der Waals surface area (Å²) in [4.78, 5) is 34.4. The number of carbonyl (C=O) groups excluding carboxylic acids is 2. The van der Waals surface area contributed by atoms with E-state index in [1.54, 1.807) is 0 Å². The topological polar surface area (TPSA) is 108 Å². The van der Waals surface area contributed by atoms with Gasteiger partial charge in [0.2, 0.25) is 0 Å². The maximum atomic E-state index is 12.4. The van der Waals surface area contributed by atoms with Crippen molar-refractivity contribution in [3.63, 3.8) is 0 Å². The Hall–Kier alpha value is -1.25. The van der Waals surface area contributed by atoms with Gasteiger partial charge in [0.05, 0.1) is 27.7 Å². The highest BCUT2D eigenvalue weighted by atomic mass is 31.2. The SMILES string of the molecule is [CH2-]C/C=C/CCCCCCCC(=O)O[C@@H](COC(=O)CCCCC[CH2-])COP(=O)(O)OCC[N+](C)(C)C. The number of unbranched alkanes of at least 4 members (excludes halogenated alkanes) is 8. The Morgan fingerprint density at radius 1 is 0.865 bits per heavy atom. The molecule has 9 nitrogen and oxygen atoms in total. The van der Waals surface area contributed by atoms with Crippen LogP contribution >= 0.6 is 7.82 Å². The third kappa shape index (κ3) is 24.8. The van der Waals surface area contributed by atoms with Crippen LogP contribution in [-0.2, 0) is 32.7 Å². The molecule has 0 aromatic heterocycles. The summed E-state index contributed by atoms with van der Waals surface area (Å²) in [6.07, 6.45) is 13.7. The number of ether oxygens (including phenoxy) is 2. The summed E-state index contributed by atoms with van der Waals surface area (Å²) in [5.41, 5.74) is 0. The van der Waals surface area contributed by atoms with Crippen LogP contribution in [0.15, 0.2) is 12.2 Å². The molecule has 1 N–H and O–H groups in total. The van der Waals surface area contributed by atoms with Crippen LogP contribution < -0.4 is 0 Å². The van der Waals surface area contributed by atoms with Crippen LogP contribution in [0, 0.1) is 13.8 Å². The number of esters is 2. The van der Waals surface area contributed by atoms with E-state index in [1.807, 2.05) is 21.1 Å². The molecule has 0 spiro atoms. The zero-order chi connectivity index (χ0) is 28.0. The molecule has 0 bridgehead atoms. The van der Waals surface area contributed by atoms with Gasteiger partial charge in [0, 0.05) is 12.8 Å². The van der Waals surface area contributed by atoms with Crippen molar-refractivity contribution in [1.29, 1.82) is 0 Å². The number of hydrogen-bond donors (Lipinski definition) is 1. The first-order valence-electron chi connectivity index (χ1n) is 13.5. The minimum absolute atomic E-state index is 0.0239. The van der Waals surface area contributed by atoms with Crippen LogP contribution in [0.1, 0.15) is 83.5 Å². The lowest BCUT2D eigenvalue weighted by Crippen LogP contribution is -2.37. The summed E-state index contributed by atoms with van der Waals surface area (Å²) in [5.74, 6) is -0.876. The Labute approximate surface area is 225 Å². The first-order chi connectivity index (χ1) is 17.5. The maximum absolute atomic E-state index is 12.4. The molecule has 0 fully saturated rings. The zero-order valence-electron chi connectivity index (χ0n) is 23.4. The average Bonchev–Trinajstić information content (AvgIpc) is 2.81. The van der Waals surface area contributed by atoms with Gasteiger partial charge in [-0.25, -0.2) is 4.57 Å². The van der Waals surface area contributed by atoms with Gasteiger partial charge < -0.3 is 32.7 Å². The molecule has 37 heavy (non-hydrogen) atoms. The Bertz CT molecular complexity index is 678. The fourth-order valence-corrected chi connectivity index (χ4v) is 3.93. The van der Waals surface area contributed by atoms with E-state index >= 15 is 0 Å². The Morgan fingerprint density at radius 3 is 2.14 bits per heavy atom. The van der Waals surface area contributed by atoms with Crippen LogP contribution in [0.2, 0.25) is 0 Å². The smallest absolute Gasteiger partial charge is 0.462 e. The Morgan fingerprint density at radius 2 is 1.49 bits per heavy atom. The van der Waals surface area contributed by atoms with Gasteiger partial charge in [-0.3, -0.25) is 18.6 Å². The molecule has 10 heteroatoms. The van der Waals surface area contributed by atoms with Crippen LogP contribution in [0.3, 0.4) is 0 Å². The molecule has 0 aliphatic carbocycles. The van der Waals surface area contributed by atoms with E-state index in [0.29, 0.717) is 23.9 Å². The minimum Gasteiger partial charge on any atom is -0.462 e. The Balaban J connectivity index is 4.57. The van der Waals surface area contributed by atoms with Crippen LogP contribution in [-0.4, -0.2) is 74.9 Å². The predicted octanol–water partition coefficient (Wildman–Crippen LogP) is 5.58. The predicted molar refractivity (Wildman–Crippen MR) is 145 cm³/mol. The van der Waals surface area contributed by atoms with Crippen molar-refractivity contribution < 1.29 is 42.1 Å². The third-order valence-corrected chi connectivity index (χ3v) is 6.37. The van der Waals surface area contributed by atoms with Crippen molar-refractivity contribution in [2.24, 2.45) is 0 Å². The molecule has 0 aromatic rings. The van der Waals surface area contributed by atoms with Crippen molar-refractivity contribution in [3.05, 3.63) is 26.0 Å². The van der Waals surface area contributed by atoms with Crippen molar-refractivity contribution in [1.82, 2.24) is 0 Å². The van der Waals surface area contributed by atoms with Gasteiger partial charge in [-0.2, -0.15) is 12.8 Å². The van der Waals surface area contributed by atoms with Crippen molar-refractivity contribution in [3.8, 4) is 0 Å². The molecular weight excluding hydrogens is 497 g/mol. The summed E-state index contributed by atoms with van der Waals surface area (Å²) in [6.45, 7) is 7.40. The third-order valence-electron chi connectivity index (χ3n) is 5.38. The van der Waals surface area contributed by atoms with Gasteiger partial charge in [0.15, 0.2) is 6.10 Å². The zero-order valence-corrected chi connectivity index (χ0v) is 24.3. The monoisotopic (exact) mass is 548 g/mol. The number of nitrogens with zero attached hydrogens (tertiary/aromatic N) is 1. The number of likely N-dealkylation sites (N-methyl/N-ethyl adjacent to an activating group) is 1. The van der Waals surface area contributed by atoms with E-state index < -0.39 is 32.5 Å². The lowest BCUT2D eigenvalue weighted by molar-refractivity contribution is -0.870. The lowest BCUT2D eigenvalue weighted by Gasteiger charge is -2.24. The molecule has 0 saturated heterocycles. The summed E-state index contributed by atoms with van der Waals surface area (Å²) in [5, 5.41) is 0. The van der Waals surface area contributed by atoms with E-state index in [0.717, 1.165) is 57.8 Å². The van der Waals surface area contributed by atoms with E-state index in [9.17, 15) is 19.0 Å². The molecule has 0 saturated carbocycles. The molecule has 0 amide bonds. The highest BCUT2D eigenvalue weighted by Gasteiger charge is 2.27. The minimum atomic E-state index is -4.35. The van der Waals surface area contributed by atoms with E-state index in [2.05, 4.69) is 26.0 Å².